The fourth-order valence-electron chi connectivity index (χ4n) is 3.12. The number of carbonyl (C=O) groups excluding carboxylic acids is 1. The third-order valence-electron chi connectivity index (χ3n) is 4.43. The fourth-order valence-corrected chi connectivity index (χ4v) is 3.32. The minimum Gasteiger partial charge on any atom is -0.490 e. The number of urea groups is 1. The number of rotatable bonds is 3. The van der Waals surface area contributed by atoms with Gasteiger partial charge in [-0.1, -0.05) is 11.6 Å². The SMILES string of the molecule is Cc1nn(C)c(C)c1[C@H](C)NC(=O)Nc1cc2c(cc1Cl)OCCCO2. The van der Waals surface area contributed by atoms with Crippen LogP contribution in [-0.2, 0) is 7.05 Å². The van der Waals surface area contributed by atoms with Gasteiger partial charge in [-0.15, -0.1) is 0 Å². The van der Waals surface area contributed by atoms with Gasteiger partial charge in [0.05, 0.1) is 35.7 Å². The van der Waals surface area contributed by atoms with Crippen molar-refractivity contribution in [2.24, 2.45) is 7.05 Å². The number of hydrogen-bond acceptors (Lipinski definition) is 4. The Morgan fingerprint density at radius 3 is 2.54 bits per heavy atom. The number of aromatic nitrogens is 2. The third kappa shape index (κ3) is 3.72. The molecule has 3 rings (SSSR count). The number of ether oxygens (including phenoxy) is 2. The molecule has 2 heterocycles. The van der Waals surface area contributed by atoms with Crippen molar-refractivity contribution in [3.05, 3.63) is 34.1 Å². The largest absolute Gasteiger partial charge is 0.490 e. The highest BCUT2D eigenvalue weighted by atomic mass is 35.5. The maximum Gasteiger partial charge on any atom is 0.319 e. The van der Waals surface area contributed by atoms with Crippen molar-refractivity contribution in [3.8, 4) is 11.5 Å². The van der Waals surface area contributed by atoms with Crippen LogP contribution in [0.1, 0.15) is 36.3 Å². The van der Waals surface area contributed by atoms with Gasteiger partial charge in [0.2, 0.25) is 0 Å². The van der Waals surface area contributed by atoms with Crippen LogP contribution in [0.2, 0.25) is 5.02 Å². The monoisotopic (exact) mass is 378 g/mol. The van der Waals surface area contributed by atoms with Gasteiger partial charge in [-0.25, -0.2) is 4.79 Å². The van der Waals surface area contributed by atoms with E-state index in [-0.39, 0.29) is 12.1 Å². The van der Waals surface area contributed by atoms with Gasteiger partial charge in [0, 0.05) is 36.9 Å². The molecule has 1 atom stereocenters. The van der Waals surface area contributed by atoms with E-state index in [0.717, 1.165) is 23.4 Å². The quantitative estimate of drug-likeness (QED) is 0.853. The van der Waals surface area contributed by atoms with Crippen molar-refractivity contribution in [2.45, 2.75) is 33.2 Å². The van der Waals surface area contributed by atoms with Gasteiger partial charge >= 0.3 is 6.03 Å². The van der Waals surface area contributed by atoms with Crippen molar-refractivity contribution < 1.29 is 14.3 Å². The lowest BCUT2D eigenvalue weighted by Crippen LogP contribution is -2.31. The first-order valence-electron chi connectivity index (χ1n) is 8.53. The predicted molar refractivity (Wildman–Crippen MR) is 100 cm³/mol. The molecule has 0 radical (unpaired) electrons. The lowest BCUT2D eigenvalue weighted by Gasteiger charge is -2.17. The first kappa shape index (κ1) is 18.4. The van der Waals surface area contributed by atoms with Crippen LogP contribution in [0.15, 0.2) is 12.1 Å². The Hall–Kier alpha value is -2.41. The Bertz CT molecular complexity index is 834. The Morgan fingerprint density at radius 2 is 1.92 bits per heavy atom. The minimum absolute atomic E-state index is 0.192. The highest BCUT2D eigenvalue weighted by Gasteiger charge is 2.20. The standard InChI is InChI=1S/C18H23ClN4O3/c1-10(17-11(2)22-23(4)12(17)3)20-18(24)21-14-9-16-15(8-13(14)19)25-6-5-7-26-16/h8-10H,5-7H2,1-4H3,(H2,20,21,24)/t10-/m0/s1. The molecule has 140 valence electrons. The van der Waals surface area contributed by atoms with Crippen LogP contribution in [0, 0.1) is 13.8 Å². The molecule has 1 aliphatic heterocycles. The van der Waals surface area contributed by atoms with Crippen LogP contribution in [0.5, 0.6) is 11.5 Å². The number of nitrogens with one attached hydrogen (secondary N) is 2. The van der Waals surface area contributed by atoms with Gasteiger partial charge < -0.3 is 20.1 Å². The molecular formula is C18H23ClN4O3. The van der Waals surface area contributed by atoms with E-state index >= 15 is 0 Å². The Balaban J connectivity index is 1.73. The van der Waals surface area contributed by atoms with E-state index in [1.54, 1.807) is 16.8 Å². The Labute approximate surface area is 157 Å². The first-order valence-corrected chi connectivity index (χ1v) is 8.91. The molecular weight excluding hydrogens is 356 g/mol. The van der Waals surface area contributed by atoms with E-state index in [2.05, 4.69) is 15.7 Å². The summed E-state index contributed by atoms with van der Waals surface area (Å²) in [5, 5.41) is 10.5. The van der Waals surface area contributed by atoms with E-state index in [1.807, 2.05) is 27.8 Å². The summed E-state index contributed by atoms with van der Waals surface area (Å²) in [5.41, 5.74) is 3.39. The van der Waals surface area contributed by atoms with Gasteiger partial charge in [0.25, 0.3) is 0 Å². The summed E-state index contributed by atoms with van der Waals surface area (Å²) in [5.74, 6) is 1.17. The Morgan fingerprint density at radius 1 is 1.27 bits per heavy atom. The number of carbonyl (C=O) groups is 1. The van der Waals surface area contributed by atoms with Crippen LogP contribution in [0.25, 0.3) is 0 Å². The summed E-state index contributed by atoms with van der Waals surface area (Å²) in [4.78, 5) is 12.4. The fraction of sp³-hybridized carbons (Fsp3) is 0.444. The molecule has 0 bridgehead atoms. The molecule has 0 fully saturated rings. The van der Waals surface area contributed by atoms with Gasteiger partial charge in [-0.2, -0.15) is 5.10 Å². The van der Waals surface area contributed by atoms with Crippen LogP contribution in [0.4, 0.5) is 10.5 Å². The van der Waals surface area contributed by atoms with Crippen molar-refractivity contribution in [1.29, 1.82) is 0 Å². The summed E-state index contributed by atoms with van der Waals surface area (Å²) in [6.45, 7) is 6.98. The van der Waals surface area contributed by atoms with Crippen LogP contribution in [-0.4, -0.2) is 29.0 Å². The van der Waals surface area contributed by atoms with Crippen LogP contribution < -0.4 is 20.1 Å². The van der Waals surface area contributed by atoms with Gasteiger partial charge in [0.15, 0.2) is 11.5 Å². The zero-order valence-electron chi connectivity index (χ0n) is 15.4. The molecule has 1 aromatic heterocycles. The number of hydrogen-bond donors (Lipinski definition) is 2. The van der Waals surface area contributed by atoms with E-state index in [9.17, 15) is 4.79 Å². The van der Waals surface area contributed by atoms with Crippen LogP contribution >= 0.6 is 11.6 Å². The number of nitrogens with zero attached hydrogens (tertiary/aromatic N) is 2. The van der Waals surface area contributed by atoms with Gasteiger partial charge in [-0.3, -0.25) is 4.68 Å². The molecule has 2 aromatic rings. The second kappa shape index (κ2) is 7.45. The topological polar surface area (TPSA) is 77.4 Å². The smallest absolute Gasteiger partial charge is 0.319 e. The summed E-state index contributed by atoms with van der Waals surface area (Å²) in [6, 6.07) is 2.81. The molecule has 2 amide bonds. The number of halogens is 1. The number of fused-ring (bicyclic) bond motifs is 1. The van der Waals surface area contributed by atoms with E-state index in [4.69, 9.17) is 21.1 Å². The molecule has 26 heavy (non-hydrogen) atoms. The zero-order chi connectivity index (χ0) is 18.8. The summed E-state index contributed by atoms with van der Waals surface area (Å²) in [7, 11) is 1.89. The molecule has 1 aromatic carbocycles. The van der Waals surface area contributed by atoms with Crippen molar-refractivity contribution in [2.75, 3.05) is 18.5 Å². The first-order chi connectivity index (χ1) is 12.4. The average Bonchev–Trinajstić information content (AvgIpc) is 2.73. The van der Waals surface area contributed by atoms with E-state index < -0.39 is 0 Å². The van der Waals surface area contributed by atoms with E-state index in [1.165, 1.54) is 0 Å². The maximum atomic E-state index is 12.4. The van der Waals surface area contributed by atoms with E-state index in [0.29, 0.717) is 35.4 Å². The normalized spacial score (nSPS) is 14.5. The number of anilines is 1. The molecule has 2 N–H and O–H groups in total. The molecule has 0 saturated heterocycles. The maximum absolute atomic E-state index is 12.4. The minimum atomic E-state index is -0.350. The molecule has 0 spiro atoms. The second-order valence-corrected chi connectivity index (χ2v) is 6.76. The molecule has 1 aliphatic rings. The van der Waals surface area contributed by atoms with Gasteiger partial charge in [0.1, 0.15) is 0 Å². The second-order valence-electron chi connectivity index (χ2n) is 6.36. The highest BCUT2D eigenvalue weighted by molar-refractivity contribution is 6.34. The lowest BCUT2D eigenvalue weighted by atomic mass is 10.1. The summed E-state index contributed by atoms with van der Waals surface area (Å²) >= 11 is 6.27. The number of benzene rings is 1. The molecule has 0 saturated carbocycles. The van der Waals surface area contributed by atoms with Crippen LogP contribution in [0.3, 0.4) is 0 Å². The zero-order valence-corrected chi connectivity index (χ0v) is 16.1. The molecule has 0 aliphatic carbocycles. The van der Waals surface area contributed by atoms with Gasteiger partial charge in [-0.05, 0) is 20.8 Å². The van der Waals surface area contributed by atoms with Crippen molar-refractivity contribution in [1.82, 2.24) is 15.1 Å². The van der Waals surface area contributed by atoms with Crippen molar-refractivity contribution in [3.63, 3.8) is 0 Å². The number of aryl methyl sites for hydroxylation is 2. The number of amides is 2. The summed E-state index contributed by atoms with van der Waals surface area (Å²) in [6.07, 6.45) is 0.802. The highest BCUT2D eigenvalue weighted by Crippen LogP contribution is 2.37. The average molecular weight is 379 g/mol. The molecule has 7 nitrogen and oxygen atoms in total. The predicted octanol–water partition coefficient (Wildman–Crippen LogP) is 3.73. The lowest BCUT2D eigenvalue weighted by molar-refractivity contribution is 0.249. The van der Waals surface area contributed by atoms with Crippen molar-refractivity contribution >= 4 is 23.3 Å². The Kier molecular flexibility index (Phi) is 5.27. The summed E-state index contributed by atoms with van der Waals surface area (Å²) < 4.78 is 13.0. The molecule has 8 heteroatoms. The third-order valence-corrected chi connectivity index (χ3v) is 4.74. The molecule has 0 unspecified atom stereocenters.